The van der Waals surface area contributed by atoms with Crippen molar-refractivity contribution < 1.29 is 4.79 Å². The number of allylic oxidation sites excluding steroid dienone is 4. The van der Waals surface area contributed by atoms with Gasteiger partial charge in [0.05, 0.1) is 16.1 Å². The van der Waals surface area contributed by atoms with E-state index >= 15 is 0 Å². The highest BCUT2D eigenvalue weighted by molar-refractivity contribution is 6.85. The van der Waals surface area contributed by atoms with Crippen molar-refractivity contribution in [2.24, 2.45) is 11.8 Å². The van der Waals surface area contributed by atoms with E-state index in [1.807, 2.05) is 0 Å². The fraction of sp³-hybridized carbons (Fsp3) is 0.750. The highest BCUT2D eigenvalue weighted by Gasteiger charge is 2.48. The van der Waals surface area contributed by atoms with Gasteiger partial charge in [0.15, 0.2) is 0 Å². The average molecular weight is 347 g/mol. The molecule has 0 aliphatic heterocycles. The number of carbonyl (C=O) groups is 1. The molecule has 0 spiro atoms. The summed E-state index contributed by atoms with van der Waals surface area (Å²) in [4.78, 5) is 13.0. The van der Waals surface area contributed by atoms with Gasteiger partial charge in [0.1, 0.15) is 5.78 Å². The van der Waals surface area contributed by atoms with Crippen LogP contribution in [0.15, 0.2) is 21.5 Å². The summed E-state index contributed by atoms with van der Waals surface area (Å²) in [5, 5.41) is 3.47. The monoisotopic (exact) mass is 346 g/mol. The molecule has 0 aromatic heterocycles. The summed E-state index contributed by atoms with van der Waals surface area (Å²) in [5.74, 6) is 1.42. The zero-order chi connectivity index (χ0) is 17.0. The number of ketones is 1. The topological polar surface area (TPSA) is 17.1 Å². The number of fused-ring (bicyclic) bond motifs is 2. The predicted molar refractivity (Wildman–Crippen MR) is 105 cm³/mol. The Labute approximate surface area is 144 Å². The molecule has 3 rings (SSSR count). The molecule has 2 saturated carbocycles. The summed E-state index contributed by atoms with van der Waals surface area (Å²) in [5.41, 5.74) is 3.44. The van der Waals surface area contributed by atoms with Gasteiger partial charge < -0.3 is 0 Å². The lowest BCUT2D eigenvalue weighted by Gasteiger charge is -2.48. The zero-order valence-corrected chi connectivity index (χ0v) is 18.0. The Kier molecular flexibility index (Phi) is 4.42. The quantitative estimate of drug-likeness (QED) is 0.568. The third-order valence-electron chi connectivity index (χ3n) is 6.10. The van der Waals surface area contributed by atoms with Crippen LogP contribution in [0, 0.1) is 11.8 Å². The van der Waals surface area contributed by atoms with Crippen molar-refractivity contribution in [1.82, 2.24) is 0 Å². The van der Waals surface area contributed by atoms with Crippen LogP contribution in [0.25, 0.3) is 0 Å². The van der Waals surface area contributed by atoms with Gasteiger partial charge in [-0.25, -0.2) is 0 Å². The number of Topliss-reactive ketones (excluding diaryl/α,β-unsaturated/α-hetero) is 1. The molecule has 0 amide bonds. The first-order valence-electron chi connectivity index (χ1n) is 9.62. The van der Waals surface area contributed by atoms with Crippen LogP contribution in [0.5, 0.6) is 0 Å². The zero-order valence-electron chi connectivity index (χ0n) is 16.0. The molecule has 0 saturated heterocycles. The van der Waals surface area contributed by atoms with Gasteiger partial charge in [-0.3, -0.25) is 4.79 Å². The van der Waals surface area contributed by atoms with E-state index in [1.54, 1.807) is 21.5 Å². The van der Waals surface area contributed by atoms with Crippen LogP contribution in [-0.4, -0.2) is 21.9 Å². The Morgan fingerprint density at radius 2 is 1.26 bits per heavy atom. The van der Waals surface area contributed by atoms with Crippen molar-refractivity contribution in [1.29, 1.82) is 0 Å². The molecule has 0 aromatic rings. The van der Waals surface area contributed by atoms with Crippen molar-refractivity contribution in [3.8, 4) is 0 Å². The second-order valence-corrected chi connectivity index (χ2v) is 20.0. The standard InChI is InChI=1S/C20H34OSi2/c1-22(2,3)19-14-10-7-8-11-15(14)20(23(4,5)6)18-16(19)12-9-13-17(18)21/h16,18H,7-13H2,1-6H3/t16-,18-/m0/s1. The molecule has 0 N–H and O–H groups in total. The summed E-state index contributed by atoms with van der Waals surface area (Å²) >= 11 is 0. The van der Waals surface area contributed by atoms with Gasteiger partial charge in [-0.2, -0.15) is 0 Å². The van der Waals surface area contributed by atoms with Gasteiger partial charge in [0, 0.05) is 12.3 Å². The van der Waals surface area contributed by atoms with Crippen LogP contribution in [0.2, 0.25) is 39.3 Å². The van der Waals surface area contributed by atoms with Gasteiger partial charge in [-0.15, -0.1) is 0 Å². The Hall–Kier alpha value is -0.416. The first kappa shape index (κ1) is 17.4. The highest BCUT2D eigenvalue weighted by Crippen LogP contribution is 2.53. The van der Waals surface area contributed by atoms with Crippen LogP contribution < -0.4 is 0 Å². The molecule has 0 unspecified atom stereocenters. The minimum atomic E-state index is -1.46. The third-order valence-corrected chi connectivity index (χ3v) is 10.6. The normalized spacial score (nSPS) is 29.6. The molecule has 0 aromatic carbocycles. The lowest BCUT2D eigenvalue weighted by molar-refractivity contribution is -0.124. The van der Waals surface area contributed by atoms with E-state index in [1.165, 1.54) is 32.1 Å². The smallest absolute Gasteiger partial charge is 0.140 e. The van der Waals surface area contributed by atoms with Gasteiger partial charge in [0.25, 0.3) is 0 Å². The van der Waals surface area contributed by atoms with E-state index in [2.05, 4.69) is 39.3 Å². The number of hydrogen-bond donors (Lipinski definition) is 0. The van der Waals surface area contributed by atoms with E-state index in [4.69, 9.17) is 0 Å². The molecular weight excluding hydrogens is 312 g/mol. The molecule has 2 fully saturated rings. The third kappa shape index (κ3) is 2.99. The Balaban J connectivity index is 2.28. The van der Waals surface area contributed by atoms with Gasteiger partial charge in [-0.1, -0.05) is 49.7 Å². The molecule has 1 nitrogen and oxygen atoms in total. The second kappa shape index (κ2) is 5.84. The summed E-state index contributed by atoms with van der Waals surface area (Å²) in [6.07, 6.45) is 8.45. The Morgan fingerprint density at radius 1 is 0.739 bits per heavy atom. The first-order chi connectivity index (χ1) is 10.6. The van der Waals surface area contributed by atoms with E-state index < -0.39 is 16.1 Å². The van der Waals surface area contributed by atoms with Crippen molar-refractivity contribution in [3.05, 3.63) is 21.5 Å². The SMILES string of the molecule is C[Si](C)(C)C1=C2CCCCC2=C([Si](C)(C)C)[C@H]2CCCC(=O)[C@@H]12. The van der Waals surface area contributed by atoms with Crippen molar-refractivity contribution in [2.75, 3.05) is 0 Å². The number of hydrogen-bond acceptors (Lipinski definition) is 1. The fourth-order valence-electron chi connectivity index (χ4n) is 5.56. The lowest BCUT2D eigenvalue weighted by Crippen LogP contribution is -2.47. The molecule has 23 heavy (non-hydrogen) atoms. The Bertz CT molecular complexity index is 584. The molecule has 3 aliphatic carbocycles. The molecule has 2 atom stereocenters. The van der Waals surface area contributed by atoms with E-state index in [0.29, 0.717) is 11.7 Å². The van der Waals surface area contributed by atoms with Crippen LogP contribution in [0.3, 0.4) is 0 Å². The minimum Gasteiger partial charge on any atom is -0.299 e. The van der Waals surface area contributed by atoms with Crippen molar-refractivity contribution in [2.45, 2.75) is 84.2 Å². The molecule has 0 bridgehead atoms. The molecular formula is C20H34OSi2. The maximum Gasteiger partial charge on any atom is 0.140 e. The highest BCUT2D eigenvalue weighted by atomic mass is 28.3. The van der Waals surface area contributed by atoms with Crippen LogP contribution >= 0.6 is 0 Å². The second-order valence-electron chi connectivity index (χ2n) is 9.93. The van der Waals surface area contributed by atoms with Crippen molar-refractivity contribution >= 4 is 21.9 Å². The van der Waals surface area contributed by atoms with E-state index in [9.17, 15) is 4.79 Å². The summed E-state index contributed by atoms with van der Waals surface area (Å²) in [6.45, 7) is 15.0. The largest absolute Gasteiger partial charge is 0.299 e. The lowest BCUT2D eigenvalue weighted by atomic mass is 9.70. The van der Waals surface area contributed by atoms with Crippen LogP contribution in [0.1, 0.15) is 44.9 Å². The predicted octanol–water partition coefficient (Wildman–Crippen LogP) is 5.91. The molecule has 3 aliphatic rings. The fourth-order valence-corrected chi connectivity index (χ4v) is 10.6. The van der Waals surface area contributed by atoms with Crippen molar-refractivity contribution in [3.63, 3.8) is 0 Å². The molecule has 128 valence electrons. The number of rotatable bonds is 2. The van der Waals surface area contributed by atoms with Gasteiger partial charge in [0.2, 0.25) is 0 Å². The average Bonchev–Trinajstić information content (AvgIpc) is 2.42. The summed E-state index contributed by atoms with van der Waals surface area (Å²) in [6, 6.07) is 0. The minimum absolute atomic E-state index is 0.272. The van der Waals surface area contributed by atoms with Crippen LogP contribution in [0.4, 0.5) is 0 Å². The maximum absolute atomic E-state index is 13.0. The molecule has 0 radical (unpaired) electrons. The summed E-state index contributed by atoms with van der Waals surface area (Å²) in [7, 11) is -2.85. The Morgan fingerprint density at radius 3 is 1.78 bits per heavy atom. The molecule has 3 heteroatoms. The van der Waals surface area contributed by atoms with E-state index in [-0.39, 0.29) is 5.92 Å². The van der Waals surface area contributed by atoms with E-state index in [0.717, 1.165) is 12.8 Å². The van der Waals surface area contributed by atoms with Gasteiger partial charge in [-0.05, 0) is 55.6 Å². The first-order valence-corrected chi connectivity index (χ1v) is 16.6. The van der Waals surface area contributed by atoms with Crippen LogP contribution in [-0.2, 0) is 4.79 Å². The summed E-state index contributed by atoms with van der Waals surface area (Å²) < 4.78 is 0. The van der Waals surface area contributed by atoms with Gasteiger partial charge >= 0.3 is 0 Å². The molecule has 0 heterocycles. The number of carbonyl (C=O) groups excluding carboxylic acids is 1. The maximum atomic E-state index is 13.0.